The first-order valence-corrected chi connectivity index (χ1v) is 22.0. The lowest BCUT2D eigenvalue weighted by Crippen LogP contribution is -2.39. The molecule has 4 heterocycles. The highest BCUT2D eigenvalue weighted by Gasteiger charge is 2.40. The van der Waals surface area contributed by atoms with Gasteiger partial charge in [-0.3, -0.25) is 9.59 Å². The molecule has 2 aromatic heterocycles. The molecule has 0 spiro atoms. The summed E-state index contributed by atoms with van der Waals surface area (Å²) in [6.45, 7) is 14.9. The lowest BCUT2D eigenvalue weighted by molar-refractivity contribution is -0.144. The Morgan fingerprint density at radius 2 is 1.26 bits per heavy atom. The molecule has 12 nitrogen and oxygen atoms in total. The molecule has 4 aromatic rings. The molecule has 0 radical (unpaired) electrons. The van der Waals surface area contributed by atoms with Gasteiger partial charge < -0.3 is 31.9 Å². The number of rotatable bonds is 13. The first-order valence-electron chi connectivity index (χ1n) is 21.6. The number of nitrogens with two attached hydrogens (primary N) is 2. The van der Waals surface area contributed by atoms with E-state index in [1.807, 2.05) is 50.8 Å². The van der Waals surface area contributed by atoms with Gasteiger partial charge in [-0.1, -0.05) is 89.5 Å². The van der Waals surface area contributed by atoms with Crippen LogP contribution in [0.2, 0.25) is 5.02 Å². The number of benzene rings is 2. The summed E-state index contributed by atoms with van der Waals surface area (Å²) in [5, 5.41) is 6.00. The van der Waals surface area contributed by atoms with Crippen LogP contribution in [0.5, 0.6) is 0 Å². The third kappa shape index (κ3) is 13.1. The summed E-state index contributed by atoms with van der Waals surface area (Å²) in [5.41, 5.74) is 12.7. The second kappa shape index (κ2) is 20.2. The van der Waals surface area contributed by atoms with Crippen molar-refractivity contribution in [2.24, 2.45) is 22.3 Å². The van der Waals surface area contributed by atoms with E-state index in [2.05, 4.69) is 30.6 Å². The second-order valence-electron chi connectivity index (χ2n) is 19.4. The fraction of sp³-hybridized carbons (Fsp3) is 0.522. The number of aromatic nitrogens is 4. The van der Waals surface area contributed by atoms with Crippen LogP contribution in [0.4, 0.5) is 54.0 Å². The third-order valence-corrected chi connectivity index (χ3v) is 11.5. The predicted octanol–water partition coefficient (Wildman–Crippen LogP) is 10.4. The first kappa shape index (κ1) is 51.5. The van der Waals surface area contributed by atoms with Crippen molar-refractivity contribution in [3.8, 4) is 0 Å². The van der Waals surface area contributed by atoms with Gasteiger partial charge >= 0.3 is 6.18 Å². The largest absolute Gasteiger partial charge is 0.451 e. The van der Waals surface area contributed by atoms with Crippen molar-refractivity contribution >= 4 is 46.7 Å². The lowest BCUT2D eigenvalue weighted by atomic mass is 9.88. The molecule has 0 saturated carbocycles. The molecule has 2 aliphatic heterocycles. The second-order valence-corrected chi connectivity index (χ2v) is 19.8. The molecular weight excluding hydrogens is 893 g/mol. The zero-order chi connectivity index (χ0) is 49.1. The van der Waals surface area contributed by atoms with Crippen LogP contribution < -0.4 is 31.9 Å². The van der Waals surface area contributed by atoms with E-state index in [9.17, 15) is 31.5 Å². The van der Waals surface area contributed by atoms with E-state index in [1.165, 1.54) is 35.5 Å². The molecular formula is C46H58ClF7N10O2. The molecule has 2 saturated heterocycles. The molecule has 2 amide bonds. The van der Waals surface area contributed by atoms with Crippen LogP contribution in [0.3, 0.4) is 0 Å². The molecule has 2 aromatic carbocycles. The molecule has 0 aliphatic carbocycles. The SMILES string of the molecule is CC(C)(C)CC(Nc1nc(C(F)(F)F)nc(N2CCCC2c2ccc(C(C)(F)F)cc2)c1F)C(N)=O.Cc1ccc(C2CCCN2c2ncnc(NC(CC(C)(C)C)C(N)=O)c2F)c(Cl)c1. The number of hydrogen-bond donors (Lipinski definition) is 4. The Kier molecular flexibility index (Phi) is 15.8. The van der Waals surface area contributed by atoms with Crippen molar-refractivity contribution in [1.29, 1.82) is 0 Å². The summed E-state index contributed by atoms with van der Waals surface area (Å²) in [5.74, 6) is -9.00. The van der Waals surface area contributed by atoms with Gasteiger partial charge in [-0.25, -0.2) is 28.7 Å². The maximum atomic E-state index is 15.6. The number of halogens is 8. The number of anilines is 4. The van der Waals surface area contributed by atoms with Gasteiger partial charge in [-0.2, -0.15) is 22.0 Å². The third-order valence-electron chi connectivity index (χ3n) is 11.2. The van der Waals surface area contributed by atoms with Crippen molar-refractivity contribution in [2.45, 2.75) is 130 Å². The van der Waals surface area contributed by atoms with Gasteiger partial charge in [0, 0.05) is 30.6 Å². The van der Waals surface area contributed by atoms with E-state index < -0.39 is 76.5 Å². The maximum absolute atomic E-state index is 15.6. The van der Waals surface area contributed by atoms with Crippen molar-refractivity contribution in [3.05, 3.63) is 93.5 Å². The van der Waals surface area contributed by atoms with Gasteiger partial charge in [0.05, 0.1) is 12.1 Å². The Labute approximate surface area is 385 Å². The molecule has 360 valence electrons. The van der Waals surface area contributed by atoms with Gasteiger partial charge in [0.2, 0.25) is 29.3 Å². The fourth-order valence-corrected chi connectivity index (χ4v) is 8.48. The van der Waals surface area contributed by atoms with E-state index in [-0.39, 0.29) is 41.6 Å². The lowest BCUT2D eigenvalue weighted by Gasteiger charge is -2.29. The minimum atomic E-state index is -4.99. The van der Waals surface area contributed by atoms with Gasteiger partial charge in [-0.05, 0) is 79.0 Å². The number of carbonyl (C=O) groups excluding carboxylic acids is 2. The highest BCUT2D eigenvalue weighted by atomic mass is 35.5. The van der Waals surface area contributed by atoms with Crippen molar-refractivity contribution in [2.75, 3.05) is 33.5 Å². The Morgan fingerprint density at radius 1 is 0.742 bits per heavy atom. The van der Waals surface area contributed by atoms with Crippen molar-refractivity contribution in [3.63, 3.8) is 0 Å². The Bertz CT molecular complexity index is 2350. The van der Waals surface area contributed by atoms with Crippen LogP contribution in [-0.2, 0) is 21.7 Å². The normalized spacial score (nSPS) is 17.8. The Balaban J connectivity index is 0.000000251. The smallest absolute Gasteiger partial charge is 0.368 e. The molecule has 66 heavy (non-hydrogen) atoms. The molecule has 0 bridgehead atoms. The molecule has 4 atom stereocenters. The zero-order valence-electron chi connectivity index (χ0n) is 38.3. The van der Waals surface area contributed by atoms with Crippen molar-refractivity contribution < 1.29 is 40.3 Å². The van der Waals surface area contributed by atoms with Crippen LogP contribution in [-0.4, -0.2) is 56.9 Å². The average Bonchev–Trinajstić information content (AvgIpc) is 3.88. The van der Waals surface area contributed by atoms with E-state index in [0.717, 1.165) is 30.9 Å². The summed E-state index contributed by atoms with van der Waals surface area (Å²) >= 11 is 6.48. The van der Waals surface area contributed by atoms with Crippen LogP contribution in [0.15, 0.2) is 48.8 Å². The Morgan fingerprint density at radius 3 is 1.76 bits per heavy atom. The van der Waals surface area contributed by atoms with Crippen molar-refractivity contribution in [1.82, 2.24) is 19.9 Å². The monoisotopic (exact) mass is 950 g/mol. The topological polar surface area (TPSA) is 168 Å². The van der Waals surface area contributed by atoms with Crippen LogP contribution in [0.1, 0.15) is 127 Å². The minimum absolute atomic E-state index is 0.0197. The maximum Gasteiger partial charge on any atom is 0.451 e. The molecule has 4 unspecified atom stereocenters. The standard InChI is InChI=1S/C24H29F6N5O.C22H29ClFN5O/c1-22(2,3)12-15(18(31)36)32-19-17(25)20(34-21(33-19)24(28,29)30)35-11-5-6-16(35)13-7-9-14(10-8-13)23(4,26)27;1-13-7-8-14(15(23)10-13)17-6-5-9-29(17)21-18(24)20(26-12-27-21)28-16(19(25)30)11-22(2,3)4/h7-10,15-16H,5-6,11-12H2,1-4H3,(H2,31,36)(H,32,33,34);7-8,10,12,16-17H,5-6,9,11H2,1-4H3,(H2,25,30)(H,26,27,28). The molecule has 6 rings (SSSR count). The predicted molar refractivity (Wildman–Crippen MR) is 241 cm³/mol. The average molecular weight is 951 g/mol. The summed E-state index contributed by atoms with van der Waals surface area (Å²) in [6.07, 6.45) is -0.411. The quantitative estimate of drug-likeness (QED) is 0.0947. The van der Waals surface area contributed by atoms with Crippen LogP contribution in [0, 0.1) is 29.4 Å². The highest BCUT2D eigenvalue weighted by molar-refractivity contribution is 6.31. The number of aryl methyl sites for hydroxylation is 1. The van der Waals surface area contributed by atoms with Gasteiger partial charge in [0.25, 0.3) is 5.92 Å². The molecule has 6 N–H and O–H groups in total. The highest BCUT2D eigenvalue weighted by Crippen LogP contribution is 2.42. The van der Waals surface area contributed by atoms with E-state index >= 15 is 8.78 Å². The summed E-state index contributed by atoms with van der Waals surface area (Å²) in [7, 11) is 0. The van der Waals surface area contributed by atoms with Crippen LogP contribution in [0.25, 0.3) is 0 Å². The van der Waals surface area contributed by atoms with Crippen LogP contribution >= 0.6 is 11.6 Å². The van der Waals surface area contributed by atoms with E-state index in [1.54, 1.807) is 20.8 Å². The summed E-state index contributed by atoms with van der Waals surface area (Å²) in [6, 6.07) is 8.71. The number of nitrogens with zero attached hydrogens (tertiary/aromatic N) is 6. The van der Waals surface area contributed by atoms with Gasteiger partial charge in [0.1, 0.15) is 18.4 Å². The van der Waals surface area contributed by atoms with Gasteiger partial charge in [0.15, 0.2) is 23.3 Å². The number of amides is 2. The number of carbonyl (C=O) groups is 2. The fourth-order valence-electron chi connectivity index (χ4n) is 8.12. The first-order chi connectivity index (χ1) is 30.5. The summed E-state index contributed by atoms with van der Waals surface area (Å²) < 4.78 is 99.2. The number of alkyl halides is 5. The Hall–Kier alpha value is -5.46. The molecule has 2 aliphatic rings. The van der Waals surface area contributed by atoms with E-state index in [0.29, 0.717) is 36.4 Å². The number of nitrogens with one attached hydrogen (secondary N) is 2. The minimum Gasteiger partial charge on any atom is -0.368 e. The molecule has 2 fully saturated rings. The number of primary amides is 2. The zero-order valence-corrected chi connectivity index (χ0v) is 39.0. The van der Waals surface area contributed by atoms with Gasteiger partial charge in [-0.15, -0.1) is 0 Å². The summed E-state index contributed by atoms with van der Waals surface area (Å²) in [4.78, 5) is 42.2. The van der Waals surface area contributed by atoms with E-state index in [4.69, 9.17) is 23.1 Å². The molecule has 20 heteroatoms. The number of hydrogen-bond acceptors (Lipinski definition) is 10.